The van der Waals surface area contributed by atoms with Gasteiger partial charge in [-0.3, -0.25) is 19.3 Å². The second-order valence-corrected chi connectivity index (χ2v) is 8.54. The molecule has 2 amide bonds. The number of hydrogen-bond acceptors (Lipinski definition) is 4. The first-order valence-corrected chi connectivity index (χ1v) is 10.4. The standard InChI is InChI=1S/C22H18Cl2N2O3/c23-13-8-4-9-15(18(13)24)26-21(28)16-14-10-5-11-25(14)19(17(16)22(26)29)20(27)12-6-2-1-3-7-12/h1-4,6-9,14,16-17,19H,5,10-11H2/t14-,16-,17+,19-/m0/s1. The van der Waals surface area contributed by atoms with Crippen molar-refractivity contribution in [3.05, 3.63) is 64.1 Å². The number of anilines is 1. The van der Waals surface area contributed by atoms with Crippen LogP contribution in [0.25, 0.3) is 0 Å². The van der Waals surface area contributed by atoms with Gasteiger partial charge < -0.3 is 0 Å². The smallest absolute Gasteiger partial charge is 0.239 e. The van der Waals surface area contributed by atoms with Crippen molar-refractivity contribution in [2.75, 3.05) is 11.4 Å². The van der Waals surface area contributed by atoms with E-state index in [2.05, 4.69) is 4.90 Å². The van der Waals surface area contributed by atoms with E-state index in [0.29, 0.717) is 11.3 Å². The fraction of sp³-hybridized carbons (Fsp3) is 0.318. The lowest BCUT2D eigenvalue weighted by Crippen LogP contribution is -2.46. The number of ketones is 1. The van der Waals surface area contributed by atoms with Crippen molar-refractivity contribution in [3.8, 4) is 0 Å². The van der Waals surface area contributed by atoms with E-state index in [1.54, 1.807) is 42.5 Å². The predicted molar refractivity (Wildman–Crippen MR) is 110 cm³/mol. The van der Waals surface area contributed by atoms with Crippen LogP contribution in [0.1, 0.15) is 23.2 Å². The highest BCUT2D eigenvalue weighted by atomic mass is 35.5. The van der Waals surface area contributed by atoms with Gasteiger partial charge in [-0.25, -0.2) is 4.90 Å². The molecule has 0 spiro atoms. The summed E-state index contributed by atoms with van der Waals surface area (Å²) in [6.07, 6.45) is 1.71. The fourth-order valence-electron chi connectivity index (χ4n) is 5.19. The first kappa shape index (κ1) is 18.8. The summed E-state index contributed by atoms with van der Waals surface area (Å²) < 4.78 is 0. The molecule has 148 valence electrons. The van der Waals surface area contributed by atoms with Crippen LogP contribution in [0.5, 0.6) is 0 Å². The fourth-order valence-corrected chi connectivity index (χ4v) is 5.57. The molecule has 3 heterocycles. The van der Waals surface area contributed by atoms with E-state index in [1.807, 2.05) is 6.07 Å². The van der Waals surface area contributed by atoms with E-state index >= 15 is 0 Å². The van der Waals surface area contributed by atoms with E-state index in [9.17, 15) is 14.4 Å². The number of imide groups is 1. The zero-order chi connectivity index (χ0) is 20.3. The predicted octanol–water partition coefficient (Wildman–Crippen LogP) is 3.83. The molecule has 0 N–H and O–H groups in total. The van der Waals surface area contributed by atoms with E-state index in [-0.39, 0.29) is 33.7 Å². The van der Waals surface area contributed by atoms with Gasteiger partial charge in [0.2, 0.25) is 11.8 Å². The zero-order valence-corrected chi connectivity index (χ0v) is 16.9. The Hall–Kier alpha value is -2.21. The van der Waals surface area contributed by atoms with Gasteiger partial charge in [0.25, 0.3) is 0 Å². The molecule has 3 aliphatic rings. The zero-order valence-electron chi connectivity index (χ0n) is 15.4. The first-order valence-electron chi connectivity index (χ1n) is 9.67. The van der Waals surface area contributed by atoms with Crippen LogP contribution >= 0.6 is 23.2 Å². The molecule has 5 nitrogen and oxygen atoms in total. The van der Waals surface area contributed by atoms with Gasteiger partial charge in [-0.2, -0.15) is 0 Å². The molecule has 3 saturated heterocycles. The molecule has 0 unspecified atom stereocenters. The molecule has 0 aromatic heterocycles. The highest BCUT2D eigenvalue weighted by molar-refractivity contribution is 6.45. The van der Waals surface area contributed by atoms with Gasteiger partial charge in [-0.15, -0.1) is 0 Å². The quantitative estimate of drug-likeness (QED) is 0.550. The van der Waals surface area contributed by atoms with Crippen molar-refractivity contribution in [3.63, 3.8) is 0 Å². The number of benzene rings is 2. The van der Waals surface area contributed by atoms with Gasteiger partial charge in [0.05, 0.1) is 33.6 Å². The van der Waals surface area contributed by atoms with Crippen molar-refractivity contribution >= 4 is 46.5 Å². The van der Waals surface area contributed by atoms with Crippen LogP contribution in [-0.2, 0) is 9.59 Å². The topological polar surface area (TPSA) is 57.7 Å². The Morgan fingerprint density at radius 2 is 1.66 bits per heavy atom. The first-order chi connectivity index (χ1) is 14.0. The van der Waals surface area contributed by atoms with Crippen molar-refractivity contribution in [2.24, 2.45) is 11.8 Å². The molecule has 2 aromatic rings. The Kier molecular flexibility index (Phi) is 4.50. The maximum Gasteiger partial charge on any atom is 0.239 e. The summed E-state index contributed by atoms with van der Waals surface area (Å²) in [5.74, 6) is -1.99. The minimum atomic E-state index is -0.699. The van der Waals surface area contributed by atoms with E-state index < -0.39 is 17.9 Å². The average molecular weight is 429 g/mol. The van der Waals surface area contributed by atoms with Gasteiger partial charge in [0.15, 0.2) is 5.78 Å². The molecule has 0 saturated carbocycles. The number of carbonyl (C=O) groups is 3. The summed E-state index contributed by atoms with van der Waals surface area (Å²) >= 11 is 12.4. The third-order valence-corrected chi connectivity index (χ3v) is 7.16. The third kappa shape index (κ3) is 2.68. The SMILES string of the molecule is O=C(c1ccccc1)[C@@H]1[C@@H]2C(=O)N(c3cccc(Cl)c3Cl)C(=O)[C@H]2[C@@H]2CCCN12. The van der Waals surface area contributed by atoms with Crippen LogP contribution in [-0.4, -0.2) is 41.1 Å². The molecule has 5 rings (SSSR count). The van der Waals surface area contributed by atoms with Gasteiger partial charge in [-0.05, 0) is 31.5 Å². The lowest BCUT2D eigenvalue weighted by Gasteiger charge is -2.27. The molecule has 3 aliphatic heterocycles. The molecular formula is C22H18Cl2N2O3. The lowest BCUT2D eigenvalue weighted by molar-refractivity contribution is -0.123. The monoisotopic (exact) mass is 428 g/mol. The number of halogens is 2. The Morgan fingerprint density at radius 1 is 0.931 bits per heavy atom. The number of rotatable bonds is 3. The highest BCUT2D eigenvalue weighted by Gasteiger charge is 2.64. The van der Waals surface area contributed by atoms with Gasteiger partial charge in [-0.1, -0.05) is 59.6 Å². The second kappa shape index (κ2) is 6.94. The maximum absolute atomic E-state index is 13.5. The Morgan fingerprint density at radius 3 is 2.41 bits per heavy atom. The molecule has 0 aliphatic carbocycles. The second-order valence-electron chi connectivity index (χ2n) is 7.76. The summed E-state index contributed by atoms with van der Waals surface area (Å²) in [6.45, 7) is 0.722. The van der Waals surface area contributed by atoms with Crippen molar-refractivity contribution in [2.45, 2.75) is 24.9 Å². The Balaban J connectivity index is 1.58. The van der Waals surface area contributed by atoms with Crippen LogP contribution < -0.4 is 4.90 Å². The Bertz CT molecular complexity index is 1030. The number of Topliss-reactive ketones (excluding diaryl/α,β-unsaturated/α-hetero) is 1. The minimum absolute atomic E-state index is 0.0999. The number of amides is 2. The lowest BCUT2D eigenvalue weighted by atomic mass is 9.85. The molecule has 29 heavy (non-hydrogen) atoms. The van der Waals surface area contributed by atoms with E-state index in [0.717, 1.165) is 24.3 Å². The molecule has 7 heteroatoms. The number of carbonyl (C=O) groups excluding carboxylic acids is 3. The van der Waals surface area contributed by atoms with Crippen molar-refractivity contribution in [1.82, 2.24) is 4.90 Å². The normalized spacial score (nSPS) is 28.7. The molecule has 2 aromatic carbocycles. The van der Waals surface area contributed by atoms with Crippen LogP contribution in [0.15, 0.2) is 48.5 Å². The molecular weight excluding hydrogens is 411 g/mol. The summed E-state index contributed by atoms with van der Waals surface area (Å²) in [4.78, 5) is 43.4. The van der Waals surface area contributed by atoms with E-state index in [1.165, 1.54) is 0 Å². The molecule has 0 radical (unpaired) electrons. The van der Waals surface area contributed by atoms with Crippen molar-refractivity contribution < 1.29 is 14.4 Å². The van der Waals surface area contributed by atoms with Gasteiger partial charge in [0.1, 0.15) is 0 Å². The van der Waals surface area contributed by atoms with Crippen LogP contribution in [0.3, 0.4) is 0 Å². The summed E-state index contributed by atoms with van der Waals surface area (Å²) in [7, 11) is 0. The number of hydrogen-bond donors (Lipinski definition) is 0. The summed E-state index contributed by atoms with van der Waals surface area (Å²) in [6, 6.07) is 13.1. The average Bonchev–Trinajstić information content (AvgIpc) is 3.37. The summed E-state index contributed by atoms with van der Waals surface area (Å²) in [5.41, 5.74) is 0.849. The Labute approximate surface area is 178 Å². The van der Waals surface area contributed by atoms with Crippen LogP contribution in [0.2, 0.25) is 10.0 Å². The third-order valence-electron chi connectivity index (χ3n) is 6.35. The highest BCUT2D eigenvalue weighted by Crippen LogP contribution is 2.49. The minimum Gasteiger partial charge on any atom is -0.292 e. The van der Waals surface area contributed by atoms with Crippen LogP contribution in [0, 0.1) is 11.8 Å². The van der Waals surface area contributed by atoms with Crippen molar-refractivity contribution in [1.29, 1.82) is 0 Å². The van der Waals surface area contributed by atoms with E-state index in [4.69, 9.17) is 23.2 Å². The molecule has 4 atom stereocenters. The molecule has 0 bridgehead atoms. The number of fused-ring (bicyclic) bond motifs is 3. The van der Waals surface area contributed by atoms with Crippen LogP contribution in [0.4, 0.5) is 5.69 Å². The number of nitrogens with zero attached hydrogens (tertiary/aromatic N) is 2. The largest absolute Gasteiger partial charge is 0.292 e. The summed E-state index contributed by atoms with van der Waals surface area (Å²) in [5, 5.41) is 0.450. The van der Waals surface area contributed by atoms with Gasteiger partial charge in [0, 0.05) is 11.6 Å². The van der Waals surface area contributed by atoms with Gasteiger partial charge >= 0.3 is 0 Å². The maximum atomic E-state index is 13.5. The molecule has 3 fully saturated rings.